The molecule has 0 heterocycles. The summed E-state index contributed by atoms with van der Waals surface area (Å²) >= 11 is 5.81. The normalized spacial score (nSPS) is 14.3. The molecule has 0 unspecified atom stereocenters. The van der Waals surface area contributed by atoms with Crippen molar-refractivity contribution in [1.82, 2.24) is 0 Å². The van der Waals surface area contributed by atoms with Crippen LogP contribution in [0.3, 0.4) is 0 Å². The minimum Gasteiger partial charge on any atom is -0.311 e. The number of anilines is 1. The lowest BCUT2D eigenvalue weighted by Crippen LogP contribution is -2.34. The third-order valence-electron chi connectivity index (χ3n) is 4.33. The van der Waals surface area contributed by atoms with Crippen LogP contribution in [0.25, 0.3) is 10.8 Å². The van der Waals surface area contributed by atoms with Crippen molar-refractivity contribution in [2.75, 3.05) is 17.3 Å². The highest BCUT2D eigenvalue weighted by Crippen LogP contribution is 2.37. The number of hydrogen-bond acceptors (Lipinski definition) is 1. The Kier molecular flexibility index (Phi) is 4.68. The molecule has 0 spiro atoms. The van der Waals surface area contributed by atoms with Crippen molar-refractivity contribution in [2.45, 2.75) is 32.6 Å². The molecule has 2 aromatic rings. The second-order valence-corrected chi connectivity index (χ2v) is 6.49. The summed E-state index contributed by atoms with van der Waals surface area (Å²) in [6.45, 7) is 2.85. The van der Waals surface area contributed by atoms with Gasteiger partial charge in [-0.15, -0.1) is 11.6 Å². The zero-order valence-electron chi connectivity index (χ0n) is 13.0. The Hall–Kier alpha value is -1.54. The predicted molar refractivity (Wildman–Crippen MR) is 93.7 cm³/mol. The smallest absolute Gasteiger partial charge is 0.230 e. The Morgan fingerprint density at radius 3 is 2.68 bits per heavy atom. The van der Waals surface area contributed by atoms with E-state index in [2.05, 4.69) is 31.2 Å². The van der Waals surface area contributed by atoms with Crippen molar-refractivity contribution in [3.8, 4) is 0 Å². The van der Waals surface area contributed by atoms with Crippen LogP contribution in [0.5, 0.6) is 0 Å². The molecular formula is C19H22ClNO. The highest BCUT2D eigenvalue weighted by atomic mass is 35.5. The lowest BCUT2D eigenvalue weighted by atomic mass is 10.0. The first-order valence-corrected chi connectivity index (χ1v) is 8.61. The average Bonchev–Trinajstić information content (AvgIpc) is 3.37. The summed E-state index contributed by atoms with van der Waals surface area (Å²) in [5.74, 6) is 1.17. The highest BCUT2D eigenvalue weighted by Gasteiger charge is 2.34. The van der Waals surface area contributed by atoms with Crippen LogP contribution < -0.4 is 4.90 Å². The van der Waals surface area contributed by atoms with Crippen LogP contribution in [0.1, 0.15) is 31.2 Å². The molecule has 1 saturated carbocycles. The molecular weight excluding hydrogens is 294 g/mol. The van der Waals surface area contributed by atoms with Crippen LogP contribution in [0, 0.1) is 12.8 Å². The van der Waals surface area contributed by atoms with Crippen molar-refractivity contribution in [3.63, 3.8) is 0 Å². The van der Waals surface area contributed by atoms with Crippen LogP contribution >= 0.6 is 11.6 Å². The number of fused-ring (bicyclic) bond motifs is 1. The van der Waals surface area contributed by atoms with E-state index in [4.69, 9.17) is 11.6 Å². The van der Waals surface area contributed by atoms with Gasteiger partial charge in [0.25, 0.3) is 0 Å². The quantitative estimate of drug-likeness (QED) is 0.548. The Morgan fingerprint density at radius 1 is 1.18 bits per heavy atom. The van der Waals surface area contributed by atoms with E-state index >= 15 is 0 Å². The molecule has 2 nitrogen and oxygen atoms in total. The van der Waals surface area contributed by atoms with Gasteiger partial charge in [0.05, 0.1) is 5.69 Å². The Bertz CT molecular complexity index is 678. The molecule has 0 atom stereocenters. The van der Waals surface area contributed by atoms with Gasteiger partial charge in [-0.2, -0.15) is 0 Å². The molecule has 0 bridgehead atoms. The summed E-state index contributed by atoms with van der Waals surface area (Å²) in [7, 11) is 0. The molecule has 1 aliphatic carbocycles. The fourth-order valence-electron chi connectivity index (χ4n) is 2.97. The van der Waals surface area contributed by atoms with E-state index in [9.17, 15) is 4.79 Å². The maximum absolute atomic E-state index is 12.8. The molecule has 1 aliphatic rings. The molecule has 3 rings (SSSR count). The zero-order chi connectivity index (χ0) is 15.5. The van der Waals surface area contributed by atoms with Gasteiger partial charge in [-0.05, 0) is 43.6 Å². The van der Waals surface area contributed by atoms with Crippen molar-refractivity contribution >= 4 is 34.0 Å². The number of halogens is 1. The van der Waals surface area contributed by atoms with Gasteiger partial charge in [-0.25, -0.2) is 0 Å². The monoisotopic (exact) mass is 315 g/mol. The summed E-state index contributed by atoms with van der Waals surface area (Å²) < 4.78 is 0. The van der Waals surface area contributed by atoms with Gasteiger partial charge in [0, 0.05) is 23.7 Å². The van der Waals surface area contributed by atoms with Gasteiger partial charge in [-0.3, -0.25) is 4.79 Å². The van der Waals surface area contributed by atoms with Crippen molar-refractivity contribution < 1.29 is 4.79 Å². The van der Waals surface area contributed by atoms with Gasteiger partial charge >= 0.3 is 0 Å². The number of benzene rings is 2. The molecule has 2 aromatic carbocycles. The lowest BCUT2D eigenvalue weighted by Gasteiger charge is -2.26. The average molecular weight is 316 g/mol. The minimum absolute atomic E-state index is 0.231. The summed E-state index contributed by atoms with van der Waals surface area (Å²) in [6.07, 6.45) is 3.97. The molecule has 0 N–H and O–H groups in total. The summed E-state index contributed by atoms with van der Waals surface area (Å²) in [4.78, 5) is 14.8. The SMILES string of the molecule is Cc1ccc2ccccc2c1N(CCCCCl)C(=O)C1CC1. The first-order chi connectivity index (χ1) is 10.7. The maximum Gasteiger partial charge on any atom is 0.230 e. The summed E-state index contributed by atoms with van der Waals surface area (Å²) in [5.41, 5.74) is 2.25. The van der Waals surface area contributed by atoms with E-state index < -0.39 is 0 Å². The Balaban J connectivity index is 2.02. The molecule has 0 saturated heterocycles. The lowest BCUT2D eigenvalue weighted by molar-refractivity contribution is -0.119. The molecule has 0 radical (unpaired) electrons. The van der Waals surface area contributed by atoms with Crippen molar-refractivity contribution in [3.05, 3.63) is 42.0 Å². The number of alkyl halides is 1. The first kappa shape index (κ1) is 15.4. The number of amides is 1. The second kappa shape index (κ2) is 6.70. The highest BCUT2D eigenvalue weighted by molar-refractivity contribution is 6.17. The van der Waals surface area contributed by atoms with Crippen LogP contribution in [-0.4, -0.2) is 18.3 Å². The fraction of sp³-hybridized carbons (Fsp3) is 0.421. The van der Waals surface area contributed by atoms with Crippen LogP contribution in [0.2, 0.25) is 0 Å². The largest absolute Gasteiger partial charge is 0.311 e. The van der Waals surface area contributed by atoms with E-state index in [-0.39, 0.29) is 11.8 Å². The molecule has 22 heavy (non-hydrogen) atoms. The molecule has 0 aromatic heterocycles. The molecule has 116 valence electrons. The van der Waals surface area contributed by atoms with Crippen molar-refractivity contribution in [2.24, 2.45) is 5.92 Å². The maximum atomic E-state index is 12.8. The van der Waals surface area contributed by atoms with Crippen LogP contribution in [-0.2, 0) is 4.79 Å². The first-order valence-electron chi connectivity index (χ1n) is 8.08. The molecule has 3 heteroatoms. The van der Waals surface area contributed by atoms with Gasteiger partial charge in [0.1, 0.15) is 0 Å². The molecule has 1 fully saturated rings. The van der Waals surface area contributed by atoms with E-state index in [0.717, 1.165) is 37.9 Å². The number of carbonyl (C=O) groups excluding carboxylic acids is 1. The fourth-order valence-corrected chi connectivity index (χ4v) is 3.16. The number of aryl methyl sites for hydroxylation is 1. The Labute approximate surface area is 137 Å². The van der Waals surface area contributed by atoms with Crippen LogP contribution in [0.15, 0.2) is 36.4 Å². The summed E-state index contributed by atoms with van der Waals surface area (Å²) in [6, 6.07) is 12.6. The van der Waals surface area contributed by atoms with Gasteiger partial charge in [-0.1, -0.05) is 36.4 Å². The predicted octanol–water partition coefficient (Wildman–Crippen LogP) is 4.91. The third kappa shape index (κ3) is 3.12. The number of unbranched alkanes of at least 4 members (excludes halogenated alkanes) is 1. The standard InChI is InChI=1S/C19H22ClNO/c1-14-8-9-15-6-2-3-7-17(15)18(14)21(13-5-4-12-20)19(22)16-10-11-16/h2-3,6-9,16H,4-5,10-13H2,1H3. The topological polar surface area (TPSA) is 20.3 Å². The van der Waals surface area contributed by atoms with Crippen LogP contribution in [0.4, 0.5) is 5.69 Å². The number of hydrogen-bond donors (Lipinski definition) is 0. The van der Waals surface area contributed by atoms with E-state index in [1.54, 1.807) is 0 Å². The van der Waals surface area contributed by atoms with Gasteiger partial charge < -0.3 is 4.90 Å². The number of rotatable bonds is 6. The van der Waals surface area contributed by atoms with Gasteiger partial charge in [0.2, 0.25) is 5.91 Å². The van der Waals surface area contributed by atoms with E-state index in [1.165, 1.54) is 16.3 Å². The Morgan fingerprint density at radius 2 is 1.95 bits per heavy atom. The van der Waals surface area contributed by atoms with E-state index in [1.807, 2.05) is 17.0 Å². The number of carbonyl (C=O) groups is 1. The molecule has 1 amide bonds. The van der Waals surface area contributed by atoms with E-state index in [0.29, 0.717) is 5.88 Å². The second-order valence-electron chi connectivity index (χ2n) is 6.11. The summed E-state index contributed by atoms with van der Waals surface area (Å²) in [5, 5.41) is 2.36. The number of nitrogens with zero attached hydrogens (tertiary/aromatic N) is 1. The molecule has 0 aliphatic heterocycles. The zero-order valence-corrected chi connectivity index (χ0v) is 13.8. The van der Waals surface area contributed by atoms with Crippen molar-refractivity contribution in [1.29, 1.82) is 0 Å². The minimum atomic E-state index is 0.231. The van der Waals surface area contributed by atoms with Gasteiger partial charge in [0.15, 0.2) is 0 Å². The third-order valence-corrected chi connectivity index (χ3v) is 4.60.